The first-order chi connectivity index (χ1) is 9.51. The Morgan fingerprint density at radius 1 is 1.10 bits per heavy atom. The molecule has 0 aliphatic heterocycles. The van der Waals surface area contributed by atoms with E-state index in [1.807, 2.05) is 44.2 Å². The summed E-state index contributed by atoms with van der Waals surface area (Å²) in [6, 6.07) is 9.74. The Balaban J connectivity index is 2.18. The van der Waals surface area contributed by atoms with E-state index in [1.165, 1.54) is 0 Å². The van der Waals surface area contributed by atoms with Crippen molar-refractivity contribution in [3.05, 3.63) is 56.5 Å². The number of rotatable bonds is 4. The van der Waals surface area contributed by atoms with E-state index in [2.05, 4.69) is 15.9 Å². The topological polar surface area (TPSA) is 18.5 Å². The normalized spacial score (nSPS) is 10.4. The van der Waals surface area contributed by atoms with Crippen molar-refractivity contribution < 1.29 is 9.47 Å². The third kappa shape index (κ3) is 3.47. The zero-order valence-electron chi connectivity index (χ0n) is 11.7. The van der Waals surface area contributed by atoms with Gasteiger partial charge in [0.25, 0.3) is 0 Å². The minimum absolute atomic E-state index is 0.448. The fourth-order valence-electron chi connectivity index (χ4n) is 2.01. The molecule has 0 aliphatic carbocycles. The maximum absolute atomic E-state index is 6.15. The van der Waals surface area contributed by atoms with E-state index in [9.17, 15) is 0 Å². The molecule has 2 aromatic rings. The average Bonchev–Trinajstić information content (AvgIpc) is 2.42. The van der Waals surface area contributed by atoms with Crippen molar-refractivity contribution in [3.8, 4) is 11.5 Å². The highest BCUT2D eigenvalue weighted by Crippen LogP contribution is 2.28. The average molecular weight is 356 g/mol. The Bertz CT molecular complexity index is 603. The van der Waals surface area contributed by atoms with Gasteiger partial charge < -0.3 is 9.47 Å². The van der Waals surface area contributed by atoms with Crippen molar-refractivity contribution in [1.82, 2.24) is 0 Å². The molecule has 0 amide bonds. The van der Waals surface area contributed by atoms with Gasteiger partial charge in [0.1, 0.15) is 18.1 Å². The maximum atomic E-state index is 6.15. The maximum Gasteiger partial charge on any atom is 0.125 e. The molecule has 0 aromatic heterocycles. The van der Waals surface area contributed by atoms with E-state index in [0.717, 1.165) is 37.7 Å². The molecule has 4 heteroatoms. The van der Waals surface area contributed by atoms with Crippen LogP contribution in [0.3, 0.4) is 0 Å². The van der Waals surface area contributed by atoms with Crippen molar-refractivity contribution in [3.63, 3.8) is 0 Å². The van der Waals surface area contributed by atoms with Crippen LogP contribution in [0, 0.1) is 13.8 Å². The van der Waals surface area contributed by atoms with Gasteiger partial charge in [0.05, 0.1) is 7.11 Å². The fourth-order valence-corrected chi connectivity index (χ4v) is 2.53. The molecule has 0 bridgehead atoms. The Morgan fingerprint density at radius 3 is 2.35 bits per heavy atom. The van der Waals surface area contributed by atoms with Crippen LogP contribution in [0.5, 0.6) is 11.5 Å². The molecule has 0 radical (unpaired) electrons. The van der Waals surface area contributed by atoms with Crippen molar-refractivity contribution in [2.24, 2.45) is 0 Å². The van der Waals surface area contributed by atoms with Gasteiger partial charge in [-0.15, -0.1) is 0 Å². The van der Waals surface area contributed by atoms with Crippen LogP contribution < -0.4 is 9.47 Å². The summed E-state index contributed by atoms with van der Waals surface area (Å²) in [5, 5.41) is 0.789. The molecule has 2 nitrogen and oxygen atoms in total. The Morgan fingerprint density at radius 2 is 1.75 bits per heavy atom. The third-order valence-electron chi connectivity index (χ3n) is 3.05. The molecule has 0 aliphatic rings. The van der Waals surface area contributed by atoms with Crippen LogP contribution in [0.25, 0.3) is 0 Å². The van der Waals surface area contributed by atoms with Crippen LogP contribution in [0.15, 0.2) is 34.8 Å². The fraction of sp³-hybridized carbons (Fsp3) is 0.250. The Kier molecular flexibility index (Phi) is 4.95. The molecule has 2 aromatic carbocycles. The molecule has 2 rings (SSSR count). The summed E-state index contributed by atoms with van der Waals surface area (Å²) in [6.45, 7) is 4.40. The number of halogens is 2. The Hall–Kier alpha value is -1.19. The van der Waals surface area contributed by atoms with Crippen molar-refractivity contribution >= 4 is 27.5 Å². The van der Waals surface area contributed by atoms with Gasteiger partial charge in [-0.3, -0.25) is 0 Å². The van der Waals surface area contributed by atoms with Gasteiger partial charge in [0, 0.05) is 15.1 Å². The van der Waals surface area contributed by atoms with Crippen LogP contribution in [-0.4, -0.2) is 7.11 Å². The summed E-state index contributed by atoms with van der Waals surface area (Å²) in [5.41, 5.74) is 3.03. The summed E-state index contributed by atoms with van der Waals surface area (Å²) in [7, 11) is 1.66. The molecule has 0 atom stereocenters. The summed E-state index contributed by atoms with van der Waals surface area (Å²) < 4.78 is 12.2. The molecule has 106 valence electrons. The first kappa shape index (κ1) is 15.2. The summed E-state index contributed by atoms with van der Waals surface area (Å²) in [5.74, 6) is 1.63. The SMILES string of the molecule is COc1ccc(Br)cc1COc1cc(C)c(Cl)c(C)c1. The number of hydrogen-bond acceptors (Lipinski definition) is 2. The number of benzene rings is 2. The van der Waals surface area contributed by atoms with E-state index >= 15 is 0 Å². The number of aryl methyl sites for hydroxylation is 2. The number of hydrogen-bond donors (Lipinski definition) is 0. The van der Waals surface area contributed by atoms with Crippen LogP contribution in [0.2, 0.25) is 5.02 Å². The Labute approximate surface area is 132 Å². The van der Waals surface area contributed by atoms with Crippen molar-refractivity contribution in [2.45, 2.75) is 20.5 Å². The molecule has 20 heavy (non-hydrogen) atoms. The number of ether oxygens (including phenoxy) is 2. The van der Waals surface area contributed by atoms with E-state index in [4.69, 9.17) is 21.1 Å². The zero-order chi connectivity index (χ0) is 14.7. The largest absolute Gasteiger partial charge is 0.496 e. The molecule has 0 spiro atoms. The number of methoxy groups -OCH3 is 1. The van der Waals surface area contributed by atoms with E-state index in [1.54, 1.807) is 7.11 Å². The quantitative estimate of drug-likeness (QED) is 0.740. The standard InChI is InChI=1S/C16H16BrClO2/c1-10-6-14(7-11(2)16(10)18)20-9-12-8-13(17)4-5-15(12)19-3/h4-8H,9H2,1-3H3. The molecule has 0 saturated heterocycles. The second kappa shape index (κ2) is 6.51. The van der Waals surface area contributed by atoms with Gasteiger partial charge in [0.15, 0.2) is 0 Å². The zero-order valence-corrected chi connectivity index (χ0v) is 14.0. The van der Waals surface area contributed by atoms with E-state index in [0.29, 0.717) is 6.61 Å². The monoisotopic (exact) mass is 354 g/mol. The lowest BCUT2D eigenvalue weighted by atomic mass is 10.1. The highest BCUT2D eigenvalue weighted by molar-refractivity contribution is 9.10. The van der Waals surface area contributed by atoms with E-state index in [-0.39, 0.29) is 0 Å². The molecule has 0 saturated carbocycles. The highest BCUT2D eigenvalue weighted by Gasteiger charge is 2.07. The molecule has 0 heterocycles. The summed E-state index contributed by atoms with van der Waals surface area (Å²) in [4.78, 5) is 0. The lowest BCUT2D eigenvalue weighted by molar-refractivity contribution is 0.296. The highest BCUT2D eigenvalue weighted by atomic mass is 79.9. The smallest absolute Gasteiger partial charge is 0.125 e. The van der Waals surface area contributed by atoms with Gasteiger partial charge in [-0.2, -0.15) is 0 Å². The molecule has 0 N–H and O–H groups in total. The van der Waals surface area contributed by atoms with Crippen LogP contribution in [0.1, 0.15) is 16.7 Å². The first-order valence-electron chi connectivity index (χ1n) is 6.23. The third-order valence-corrected chi connectivity index (χ3v) is 4.14. The van der Waals surface area contributed by atoms with Crippen molar-refractivity contribution in [1.29, 1.82) is 0 Å². The minimum Gasteiger partial charge on any atom is -0.496 e. The van der Waals surface area contributed by atoms with Gasteiger partial charge in [0.2, 0.25) is 0 Å². The molecular formula is C16H16BrClO2. The molecule has 0 unspecified atom stereocenters. The summed E-state index contributed by atoms with van der Waals surface area (Å²) in [6.07, 6.45) is 0. The van der Waals surface area contributed by atoms with Gasteiger partial charge >= 0.3 is 0 Å². The van der Waals surface area contributed by atoms with Gasteiger partial charge in [-0.1, -0.05) is 27.5 Å². The first-order valence-corrected chi connectivity index (χ1v) is 7.40. The lowest BCUT2D eigenvalue weighted by Gasteiger charge is -2.12. The van der Waals surface area contributed by atoms with Gasteiger partial charge in [-0.05, 0) is 55.3 Å². The van der Waals surface area contributed by atoms with Gasteiger partial charge in [-0.25, -0.2) is 0 Å². The lowest BCUT2D eigenvalue weighted by Crippen LogP contribution is -1.99. The molecule has 0 fully saturated rings. The van der Waals surface area contributed by atoms with Crippen LogP contribution in [0.4, 0.5) is 0 Å². The van der Waals surface area contributed by atoms with Crippen molar-refractivity contribution in [2.75, 3.05) is 7.11 Å². The second-order valence-corrected chi connectivity index (χ2v) is 5.91. The predicted molar refractivity (Wildman–Crippen MR) is 86.0 cm³/mol. The van der Waals surface area contributed by atoms with E-state index < -0.39 is 0 Å². The molecular weight excluding hydrogens is 340 g/mol. The van der Waals surface area contributed by atoms with Crippen LogP contribution >= 0.6 is 27.5 Å². The second-order valence-electron chi connectivity index (χ2n) is 4.62. The minimum atomic E-state index is 0.448. The summed E-state index contributed by atoms with van der Waals surface area (Å²) >= 11 is 9.61. The predicted octanol–water partition coefficient (Wildman–Crippen LogP) is 5.31. The van der Waals surface area contributed by atoms with Crippen LogP contribution in [-0.2, 0) is 6.61 Å².